The molecule has 12 nitrogen and oxygen atoms in total. The Labute approximate surface area is 169 Å². The van der Waals surface area contributed by atoms with Crippen molar-refractivity contribution in [3.63, 3.8) is 0 Å². The topological polar surface area (TPSA) is 141 Å². The molecule has 2 N–H and O–H groups in total. The largest absolute Gasteiger partial charge is 0.748 e. The van der Waals surface area contributed by atoms with E-state index in [1.165, 1.54) is 4.90 Å². The summed E-state index contributed by atoms with van der Waals surface area (Å²) in [6, 6.07) is -1.58. The van der Waals surface area contributed by atoms with Gasteiger partial charge < -0.3 is 19.3 Å². The number of imidazole rings is 1. The van der Waals surface area contributed by atoms with Gasteiger partial charge in [-0.25, -0.2) is 19.5 Å². The van der Waals surface area contributed by atoms with Gasteiger partial charge in [0.15, 0.2) is 0 Å². The van der Waals surface area contributed by atoms with Crippen LogP contribution in [0.4, 0.5) is 4.79 Å². The van der Waals surface area contributed by atoms with Crippen LogP contribution in [0.25, 0.3) is 0 Å². The van der Waals surface area contributed by atoms with Crippen molar-refractivity contribution in [3.8, 4) is 0 Å². The van der Waals surface area contributed by atoms with Crippen LogP contribution in [0, 0.1) is 5.92 Å². The number of nitrogens with zero attached hydrogens (tertiary/aromatic N) is 4. The maximum absolute atomic E-state index is 12.5. The van der Waals surface area contributed by atoms with E-state index in [0.717, 1.165) is 24.6 Å². The second-order valence-corrected chi connectivity index (χ2v) is 8.09. The second-order valence-electron chi connectivity index (χ2n) is 7.53. The molecule has 3 unspecified atom stereocenters. The van der Waals surface area contributed by atoms with Crippen LogP contribution in [0.3, 0.4) is 0 Å². The van der Waals surface area contributed by atoms with Gasteiger partial charge in [0.05, 0.1) is 19.0 Å². The Morgan fingerprint density at radius 2 is 2.31 bits per heavy atom. The predicted octanol–water partition coefficient (Wildman–Crippen LogP) is -1.10. The molecule has 0 spiro atoms. The van der Waals surface area contributed by atoms with Crippen molar-refractivity contribution in [2.75, 3.05) is 19.7 Å². The highest BCUT2D eigenvalue weighted by atomic mass is 32.2. The Morgan fingerprint density at radius 3 is 3.07 bits per heavy atom. The number of carbonyl (C=O) groups is 2. The molecule has 1 aromatic heterocycles. The Hall–Kier alpha value is -2.06. The van der Waals surface area contributed by atoms with E-state index in [1.54, 1.807) is 12.5 Å². The maximum Gasteiger partial charge on any atom is 0.346 e. The lowest BCUT2D eigenvalue weighted by atomic mass is 10.0. The fourth-order valence-electron chi connectivity index (χ4n) is 4.21. The van der Waals surface area contributed by atoms with Gasteiger partial charge in [-0.15, -0.1) is 0 Å². The number of carbonyl (C=O) groups excluding carboxylic acids is 2. The zero-order valence-electron chi connectivity index (χ0n) is 15.6. The van der Waals surface area contributed by atoms with E-state index >= 15 is 0 Å². The standard InChI is InChI=1S/C16H24N6O6S/c23-15(14-2-1-13-8-21(14)16(24)22(13)28-29(25)26)19-27-9-12-5-11(6-18-12)7-20-4-3-17-10-20/h3-4,10-14,18H,1-2,5-9H2,(H,19,23)(H,25,26)/p-1/t11-,12+,13?,14?/m0/s1. The Bertz CT molecular complexity index is 763. The molecule has 3 amide bonds. The Morgan fingerprint density at radius 1 is 1.45 bits per heavy atom. The zero-order chi connectivity index (χ0) is 20.4. The number of amides is 3. The molecule has 4 rings (SSSR count). The summed E-state index contributed by atoms with van der Waals surface area (Å²) in [5.74, 6) is 0.0402. The molecule has 3 aliphatic heterocycles. The summed E-state index contributed by atoms with van der Waals surface area (Å²) in [5, 5.41) is 4.19. The number of nitrogens with one attached hydrogen (secondary N) is 2. The summed E-state index contributed by atoms with van der Waals surface area (Å²) in [5.41, 5.74) is 2.43. The van der Waals surface area contributed by atoms with Gasteiger partial charge in [0.1, 0.15) is 17.4 Å². The minimum Gasteiger partial charge on any atom is -0.748 e. The third-order valence-electron chi connectivity index (χ3n) is 5.57. The lowest BCUT2D eigenvalue weighted by molar-refractivity contribution is -0.139. The molecule has 1 aromatic rings. The van der Waals surface area contributed by atoms with Crippen molar-refractivity contribution in [3.05, 3.63) is 18.7 Å². The molecule has 4 heterocycles. The molecule has 3 fully saturated rings. The van der Waals surface area contributed by atoms with Gasteiger partial charge in [0, 0.05) is 38.1 Å². The van der Waals surface area contributed by atoms with Gasteiger partial charge in [-0.2, -0.15) is 9.35 Å². The normalized spacial score (nSPS) is 30.0. The molecule has 5 atom stereocenters. The minimum absolute atomic E-state index is 0.129. The number of hydroxylamine groups is 3. The molecule has 0 aromatic carbocycles. The first-order chi connectivity index (χ1) is 14.0. The molecular formula is C16H23N6O6S-. The lowest BCUT2D eigenvalue weighted by Crippen LogP contribution is -2.50. The van der Waals surface area contributed by atoms with Gasteiger partial charge in [-0.3, -0.25) is 9.63 Å². The number of hydrogen-bond donors (Lipinski definition) is 2. The van der Waals surface area contributed by atoms with Gasteiger partial charge in [0.25, 0.3) is 5.91 Å². The van der Waals surface area contributed by atoms with Gasteiger partial charge in [-0.05, 0) is 25.2 Å². The van der Waals surface area contributed by atoms with Crippen LogP contribution in [-0.2, 0) is 31.8 Å². The third kappa shape index (κ3) is 4.59. The molecular weight excluding hydrogens is 404 g/mol. The fourth-order valence-corrected chi connectivity index (χ4v) is 4.53. The average molecular weight is 427 g/mol. The summed E-state index contributed by atoms with van der Waals surface area (Å²) >= 11 is -2.84. The highest BCUT2D eigenvalue weighted by Gasteiger charge is 2.48. The number of rotatable bonds is 8. The number of urea groups is 1. The molecule has 2 bridgehead atoms. The Balaban J connectivity index is 1.20. The summed E-state index contributed by atoms with van der Waals surface area (Å²) in [7, 11) is 0. The van der Waals surface area contributed by atoms with Crippen molar-refractivity contribution in [1.82, 2.24) is 30.3 Å². The van der Waals surface area contributed by atoms with Crippen molar-refractivity contribution in [2.24, 2.45) is 5.92 Å². The Kier molecular flexibility index (Phi) is 6.10. The molecule has 0 radical (unpaired) electrons. The van der Waals surface area contributed by atoms with Crippen LogP contribution in [0.1, 0.15) is 19.3 Å². The fraction of sp³-hybridized carbons (Fsp3) is 0.688. The van der Waals surface area contributed by atoms with E-state index in [4.69, 9.17) is 4.84 Å². The van der Waals surface area contributed by atoms with E-state index < -0.39 is 29.3 Å². The SMILES string of the molecule is O=C(NOC[C@H]1C[C@H](Cn2ccnc2)CN1)C1CCC2CN1C(=O)N2OS(=O)[O-]. The van der Waals surface area contributed by atoms with Gasteiger partial charge in [0.2, 0.25) is 0 Å². The van der Waals surface area contributed by atoms with Crippen molar-refractivity contribution < 1.29 is 27.5 Å². The van der Waals surface area contributed by atoms with E-state index in [-0.39, 0.29) is 18.6 Å². The van der Waals surface area contributed by atoms with Crippen LogP contribution in [0.5, 0.6) is 0 Å². The molecule has 29 heavy (non-hydrogen) atoms. The molecule has 13 heteroatoms. The summed E-state index contributed by atoms with van der Waals surface area (Å²) in [6.45, 7) is 2.31. The minimum atomic E-state index is -2.84. The summed E-state index contributed by atoms with van der Waals surface area (Å²) in [4.78, 5) is 35.5. The predicted molar refractivity (Wildman–Crippen MR) is 97.0 cm³/mol. The highest BCUT2D eigenvalue weighted by Crippen LogP contribution is 2.30. The van der Waals surface area contributed by atoms with Gasteiger partial charge >= 0.3 is 6.03 Å². The summed E-state index contributed by atoms with van der Waals surface area (Å²) in [6.07, 6.45) is 7.27. The first-order valence-electron chi connectivity index (χ1n) is 9.49. The zero-order valence-corrected chi connectivity index (χ0v) is 16.5. The second kappa shape index (κ2) is 8.75. The molecule has 160 valence electrons. The molecule has 3 aliphatic rings. The smallest absolute Gasteiger partial charge is 0.346 e. The first-order valence-corrected chi connectivity index (χ1v) is 10.5. The van der Waals surface area contributed by atoms with Crippen LogP contribution < -0.4 is 10.8 Å². The van der Waals surface area contributed by atoms with Crippen LogP contribution >= 0.6 is 0 Å². The maximum atomic E-state index is 12.5. The average Bonchev–Trinajstić information content (AvgIpc) is 3.41. The van der Waals surface area contributed by atoms with E-state index in [9.17, 15) is 18.4 Å². The third-order valence-corrected chi connectivity index (χ3v) is 5.85. The number of piperidine rings is 1. The monoisotopic (exact) mass is 427 g/mol. The van der Waals surface area contributed by atoms with Crippen LogP contribution in [0.2, 0.25) is 0 Å². The van der Waals surface area contributed by atoms with E-state index in [2.05, 4.69) is 20.1 Å². The molecule has 3 saturated heterocycles. The number of fused-ring (bicyclic) bond motifs is 2. The van der Waals surface area contributed by atoms with E-state index in [0.29, 0.717) is 25.4 Å². The number of hydrogen-bond acceptors (Lipinski definition) is 8. The van der Waals surface area contributed by atoms with Crippen LogP contribution in [-0.4, -0.2) is 78.0 Å². The van der Waals surface area contributed by atoms with E-state index in [1.807, 2.05) is 10.8 Å². The number of aromatic nitrogens is 2. The molecule has 0 aliphatic carbocycles. The van der Waals surface area contributed by atoms with Gasteiger partial charge in [-0.1, -0.05) is 0 Å². The first kappa shape index (κ1) is 20.2. The summed E-state index contributed by atoms with van der Waals surface area (Å²) < 4.78 is 28.1. The van der Waals surface area contributed by atoms with Crippen molar-refractivity contribution in [1.29, 1.82) is 0 Å². The lowest BCUT2D eigenvalue weighted by Gasteiger charge is -2.29. The molecule has 0 saturated carbocycles. The van der Waals surface area contributed by atoms with Crippen molar-refractivity contribution in [2.45, 2.75) is 43.9 Å². The van der Waals surface area contributed by atoms with Crippen LogP contribution in [0.15, 0.2) is 18.7 Å². The highest BCUT2D eigenvalue weighted by molar-refractivity contribution is 7.74. The quantitative estimate of drug-likeness (QED) is 0.394. The van der Waals surface area contributed by atoms with Crippen molar-refractivity contribution >= 4 is 23.3 Å².